The molecule has 0 aliphatic carbocycles. The first-order chi connectivity index (χ1) is 17.3. The van der Waals surface area contributed by atoms with Crippen LogP contribution in [0.2, 0.25) is 0 Å². The third-order valence-electron chi connectivity index (χ3n) is 7.66. The lowest BCUT2D eigenvalue weighted by Gasteiger charge is -2.49. The lowest BCUT2D eigenvalue weighted by atomic mass is 9.96. The molecule has 188 valence electrons. The van der Waals surface area contributed by atoms with Gasteiger partial charge in [0.1, 0.15) is 12.1 Å². The Balaban J connectivity index is 1.50. The zero-order valence-electron chi connectivity index (χ0n) is 21.6. The maximum absolute atomic E-state index is 12.9. The largest absolute Gasteiger partial charge is 0.364 e. The van der Waals surface area contributed by atoms with E-state index in [2.05, 4.69) is 66.7 Å². The van der Waals surface area contributed by atoms with Crippen molar-refractivity contribution in [1.29, 1.82) is 5.26 Å². The van der Waals surface area contributed by atoms with Crippen LogP contribution < -0.4 is 10.5 Å². The Kier molecular flexibility index (Phi) is 6.58. The van der Waals surface area contributed by atoms with Gasteiger partial charge in [0.2, 0.25) is 0 Å². The number of fused-ring (bicyclic) bond motifs is 2. The molecule has 0 N–H and O–H groups in total. The number of aryl methyl sites for hydroxylation is 2. The molecule has 8 nitrogen and oxygen atoms in total. The molecular weight excluding hydrogens is 470 g/mol. The van der Waals surface area contributed by atoms with Gasteiger partial charge in [-0.05, 0) is 44.4 Å². The highest BCUT2D eigenvalue weighted by molar-refractivity contribution is 7.18. The molecule has 1 aliphatic rings. The van der Waals surface area contributed by atoms with Crippen LogP contribution in [0.15, 0.2) is 35.3 Å². The lowest BCUT2D eigenvalue weighted by Crippen LogP contribution is -2.58. The minimum atomic E-state index is -0.0548. The van der Waals surface area contributed by atoms with Gasteiger partial charge in [-0.25, -0.2) is 4.98 Å². The quantitative estimate of drug-likeness (QED) is 0.382. The van der Waals surface area contributed by atoms with Crippen LogP contribution >= 0.6 is 11.3 Å². The number of thiazole rings is 1. The normalized spacial score (nSPS) is 19.7. The number of hydrogen-bond donors (Lipinski definition) is 0. The number of piperazine rings is 1. The van der Waals surface area contributed by atoms with Crippen molar-refractivity contribution >= 4 is 38.3 Å². The highest BCUT2D eigenvalue weighted by atomic mass is 32.1. The zero-order chi connectivity index (χ0) is 25.6. The van der Waals surface area contributed by atoms with Gasteiger partial charge in [0.15, 0.2) is 0 Å². The first-order valence-electron chi connectivity index (χ1n) is 12.7. The summed E-state index contributed by atoms with van der Waals surface area (Å²) in [7, 11) is 1.76. The molecule has 1 aliphatic heterocycles. The monoisotopic (exact) mass is 503 g/mol. The Morgan fingerprint density at radius 3 is 2.69 bits per heavy atom. The second-order valence-electron chi connectivity index (χ2n) is 9.75. The van der Waals surface area contributed by atoms with Crippen LogP contribution in [0.1, 0.15) is 50.2 Å². The van der Waals surface area contributed by atoms with Crippen molar-refractivity contribution in [2.45, 2.75) is 65.2 Å². The van der Waals surface area contributed by atoms with Gasteiger partial charge < -0.3 is 9.47 Å². The lowest BCUT2D eigenvalue weighted by molar-refractivity contribution is 0.101. The fourth-order valence-electron chi connectivity index (χ4n) is 5.57. The van der Waals surface area contributed by atoms with E-state index in [0.29, 0.717) is 6.04 Å². The van der Waals surface area contributed by atoms with E-state index in [1.54, 1.807) is 39.9 Å². The topological polar surface area (TPSA) is 83.0 Å². The molecule has 1 fully saturated rings. The van der Waals surface area contributed by atoms with Gasteiger partial charge in [-0.2, -0.15) is 10.4 Å². The number of rotatable bonds is 6. The van der Waals surface area contributed by atoms with Crippen LogP contribution in [-0.2, 0) is 13.6 Å². The maximum atomic E-state index is 12.9. The van der Waals surface area contributed by atoms with Crippen molar-refractivity contribution in [2.24, 2.45) is 7.05 Å². The molecule has 4 heterocycles. The summed E-state index contributed by atoms with van der Waals surface area (Å²) in [4.78, 5) is 22.5. The molecule has 0 amide bonds. The van der Waals surface area contributed by atoms with Crippen molar-refractivity contribution in [3.8, 4) is 6.07 Å². The minimum Gasteiger partial charge on any atom is -0.364 e. The summed E-state index contributed by atoms with van der Waals surface area (Å²) in [5.74, 6) is 0. The van der Waals surface area contributed by atoms with Crippen LogP contribution in [0.5, 0.6) is 0 Å². The number of aromatic nitrogens is 4. The van der Waals surface area contributed by atoms with E-state index in [4.69, 9.17) is 5.10 Å². The molecule has 3 atom stereocenters. The SMILES string of the molecule is CC[C@H]1CN(C(C)c2ccc3nc(C)sc3c2)[C@H](CC)CN1c1cc(=O)n(C)c2cn(CC#N)nc12. The maximum Gasteiger partial charge on any atom is 0.252 e. The van der Waals surface area contributed by atoms with Gasteiger partial charge in [0.25, 0.3) is 5.56 Å². The van der Waals surface area contributed by atoms with Crippen molar-refractivity contribution in [2.75, 3.05) is 18.0 Å². The predicted molar refractivity (Wildman–Crippen MR) is 146 cm³/mol. The summed E-state index contributed by atoms with van der Waals surface area (Å²) in [5, 5.41) is 15.0. The molecule has 1 aromatic carbocycles. The Bertz CT molecular complexity index is 1510. The van der Waals surface area contributed by atoms with Crippen LogP contribution in [-0.4, -0.2) is 49.4 Å². The Labute approximate surface area is 215 Å². The van der Waals surface area contributed by atoms with E-state index in [-0.39, 0.29) is 24.2 Å². The number of pyridine rings is 1. The number of benzene rings is 1. The van der Waals surface area contributed by atoms with Gasteiger partial charge in [0.05, 0.1) is 38.7 Å². The van der Waals surface area contributed by atoms with Crippen molar-refractivity contribution in [1.82, 2.24) is 24.2 Å². The van der Waals surface area contributed by atoms with E-state index < -0.39 is 0 Å². The fourth-order valence-corrected chi connectivity index (χ4v) is 6.45. The van der Waals surface area contributed by atoms with Gasteiger partial charge >= 0.3 is 0 Å². The first-order valence-corrected chi connectivity index (χ1v) is 13.5. The van der Waals surface area contributed by atoms with Gasteiger partial charge in [-0.15, -0.1) is 11.3 Å². The molecular formula is C27H33N7OS. The Morgan fingerprint density at radius 2 is 1.97 bits per heavy atom. The zero-order valence-corrected chi connectivity index (χ0v) is 22.4. The first kappa shape index (κ1) is 24.5. The molecule has 1 unspecified atom stereocenters. The minimum absolute atomic E-state index is 0.0548. The molecule has 0 spiro atoms. The molecule has 0 saturated carbocycles. The van der Waals surface area contributed by atoms with E-state index in [1.807, 2.05) is 0 Å². The van der Waals surface area contributed by atoms with Gasteiger partial charge in [-0.1, -0.05) is 19.9 Å². The molecule has 3 aromatic heterocycles. The molecule has 4 aromatic rings. The predicted octanol–water partition coefficient (Wildman–Crippen LogP) is 4.62. The average Bonchev–Trinajstić information content (AvgIpc) is 3.47. The molecule has 36 heavy (non-hydrogen) atoms. The number of anilines is 1. The molecule has 0 bridgehead atoms. The van der Waals surface area contributed by atoms with Gasteiger partial charge in [-0.3, -0.25) is 14.4 Å². The van der Waals surface area contributed by atoms with Crippen molar-refractivity contribution in [3.63, 3.8) is 0 Å². The molecule has 9 heteroatoms. The average molecular weight is 504 g/mol. The van der Waals surface area contributed by atoms with Gasteiger partial charge in [0, 0.05) is 44.3 Å². The summed E-state index contributed by atoms with van der Waals surface area (Å²) in [6, 6.07) is 11.4. The summed E-state index contributed by atoms with van der Waals surface area (Å²) >= 11 is 1.75. The van der Waals surface area contributed by atoms with E-state index in [1.165, 1.54) is 10.3 Å². The van der Waals surface area contributed by atoms with Crippen LogP contribution in [0.25, 0.3) is 21.3 Å². The molecule has 1 saturated heterocycles. The highest BCUT2D eigenvalue weighted by Crippen LogP contribution is 2.35. The number of nitriles is 1. The summed E-state index contributed by atoms with van der Waals surface area (Å²) in [5.41, 5.74) is 4.76. The smallest absolute Gasteiger partial charge is 0.252 e. The third kappa shape index (κ3) is 4.18. The second kappa shape index (κ2) is 9.68. The number of nitrogens with zero attached hydrogens (tertiary/aromatic N) is 7. The van der Waals surface area contributed by atoms with E-state index >= 15 is 0 Å². The summed E-state index contributed by atoms with van der Waals surface area (Å²) < 4.78 is 4.49. The van der Waals surface area contributed by atoms with Crippen LogP contribution in [0, 0.1) is 18.3 Å². The van der Waals surface area contributed by atoms with E-state index in [0.717, 1.165) is 53.2 Å². The second-order valence-corrected chi connectivity index (χ2v) is 11.0. The molecule has 0 radical (unpaired) electrons. The third-order valence-corrected chi connectivity index (χ3v) is 8.59. The van der Waals surface area contributed by atoms with Crippen molar-refractivity contribution < 1.29 is 0 Å². The summed E-state index contributed by atoms with van der Waals surface area (Å²) in [6.07, 6.45) is 3.77. The Hall–Kier alpha value is -3.22. The van der Waals surface area contributed by atoms with E-state index in [9.17, 15) is 10.1 Å². The molecule has 5 rings (SSSR count). The summed E-state index contributed by atoms with van der Waals surface area (Å²) in [6.45, 7) is 10.7. The fraction of sp³-hybridized carbons (Fsp3) is 0.481. The van der Waals surface area contributed by atoms with Crippen LogP contribution in [0.4, 0.5) is 5.69 Å². The Morgan fingerprint density at radius 1 is 1.19 bits per heavy atom. The number of hydrogen-bond acceptors (Lipinski definition) is 7. The van der Waals surface area contributed by atoms with Crippen molar-refractivity contribution in [3.05, 3.63) is 51.4 Å². The van der Waals surface area contributed by atoms with Crippen LogP contribution in [0.3, 0.4) is 0 Å². The highest BCUT2D eigenvalue weighted by Gasteiger charge is 2.36. The standard InChI is InChI=1S/C27H33N7OS/c1-6-20-15-34(23-13-26(35)31(5)24-16-32(11-10-28)30-27(23)24)21(7-2)14-33(20)17(3)19-8-9-22-25(12-19)36-18(4)29-22/h8-9,12-13,16-17,20-21H,6-7,11,14-15H2,1-5H3/t17?,20-,21+/m1/s1.